The van der Waals surface area contributed by atoms with E-state index in [1.54, 1.807) is 6.07 Å². The summed E-state index contributed by atoms with van der Waals surface area (Å²) < 4.78 is 5.62. The number of hydrogen-bond acceptors (Lipinski definition) is 3. The summed E-state index contributed by atoms with van der Waals surface area (Å²) in [6, 6.07) is 19.0. The van der Waals surface area contributed by atoms with E-state index in [1.807, 2.05) is 54.6 Å². The van der Waals surface area contributed by atoms with Gasteiger partial charge in [-0.15, -0.1) is 0 Å². The second-order valence-electron chi connectivity index (χ2n) is 4.75. The van der Waals surface area contributed by atoms with Crippen molar-refractivity contribution in [2.45, 2.75) is 0 Å². The molecule has 0 amide bonds. The Hall–Kier alpha value is -2.77. The van der Waals surface area contributed by atoms with Gasteiger partial charge in [0.15, 0.2) is 0 Å². The fraction of sp³-hybridized carbons (Fsp3) is 0. The van der Waals surface area contributed by atoms with Crippen LogP contribution in [0.5, 0.6) is 0 Å². The molecule has 2 aromatic carbocycles. The van der Waals surface area contributed by atoms with E-state index in [4.69, 9.17) is 4.42 Å². The van der Waals surface area contributed by atoms with Crippen LogP contribution in [-0.4, -0.2) is 0 Å². The van der Waals surface area contributed by atoms with Gasteiger partial charge in [-0.1, -0.05) is 42.2 Å². The molecule has 0 aliphatic rings. The molecule has 1 heterocycles. The summed E-state index contributed by atoms with van der Waals surface area (Å²) >= 11 is 3.29. The first kappa shape index (κ1) is 15.1. The third-order valence-electron chi connectivity index (χ3n) is 3.09. The molecule has 0 atom stereocenters. The highest BCUT2D eigenvalue weighted by molar-refractivity contribution is 9.10. The molecule has 3 rings (SSSR count). The maximum absolute atomic E-state index is 11.8. The van der Waals surface area contributed by atoms with Crippen molar-refractivity contribution < 1.29 is 4.42 Å². The maximum atomic E-state index is 11.8. The van der Waals surface area contributed by atoms with Gasteiger partial charge in [-0.25, -0.2) is 4.79 Å². The van der Waals surface area contributed by atoms with E-state index in [1.165, 1.54) is 6.26 Å². The molecular weight excluding hydrogens is 354 g/mol. The minimum absolute atomic E-state index is 0.355. The monoisotopic (exact) mass is 365 g/mol. The number of para-hydroxylation sites is 1. The second kappa shape index (κ2) is 6.99. The van der Waals surface area contributed by atoms with Gasteiger partial charge in [-0.05, 0) is 46.3 Å². The van der Waals surface area contributed by atoms with E-state index in [2.05, 4.69) is 33.1 Å². The standard InChI is InChI=1S/C19H12BrNO2/c20-16-12-18(19(22)23-13-16)21-17-9-5-4-8-15(17)11-10-14-6-2-1-3-7-14/h1-9,12-13,21H. The first-order chi connectivity index (χ1) is 11.2. The third-order valence-corrected chi connectivity index (χ3v) is 3.51. The van der Waals surface area contributed by atoms with Gasteiger partial charge >= 0.3 is 5.63 Å². The summed E-state index contributed by atoms with van der Waals surface area (Å²) in [6.45, 7) is 0. The van der Waals surface area contributed by atoms with E-state index in [0.717, 1.165) is 16.8 Å². The molecule has 3 nitrogen and oxygen atoms in total. The van der Waals surface area contributed by atoms with Crippen molar-refractivity contribution >= 4 is 27.3 Å². The number of nitrogens with one attached hydrogen (secondary N) is 1. The first-order valence-corrected chi connectivity index (χ1v) is 7.73. The second-order valence-corrected chi connectivity index (χ2v) is 5.67. The number of benzene rings is 2. The van der Waals surface area contributed by atoms with Crippen molar-refractivity contribution in [3.63, 3.8) is 0 Å². The molecule has 4 heteroatoms. The molecule has 0 unspecified atom stereocenters. The van der Waals surface area contributed by atoms with Crippen molar-refractivity contribution in [3.05, 3.63) is 92.9 Å². The quantitative estimate of drug-likeness (QED) is 0.677. The van der Waals surface area contributed by atoms with Crippen molar-refractivity contribution in [3.8, 4) is 11.8 Å². The lowest BCUT2D eigenvalue weighted by atomic mass is 10.1. The Kier molecular flexibility index (Phi) is 4.60. The molecule has 3 aromatic rings. The Labute approximate surface area is 142 Å². The Morgan fingerprint density at radius 1 is 0.913 bits per heavy atom. The lowest BCUT2D eigenvalue weighted by molar-refractivity contribution is 0.510. The van der Waals surface area contributed by atoms with Gasteiger partial charge in [0.05, 0.1) is 10.2 Å². The molecule has 1 aromatic heterocycles. The summed E-state index contributed by atoms with van der Waals surface area (Å²) in [5.41, 5.74) is 2.41. The number of anilines is 2. The molecule has 0 aliphatic carbocycles. The molecular formula is C19H12BrNO2. The van der Waals surface area contributed by atoms with Crippen molar-refractivity contribution in [2.75, 3.05) is 5.32 Å². The van der Waals surface area contributed by atoms with Crippen molar-refractivity contribution in [2.24, 2.45) is 0 Å². The fourth-order valence-electron chi connectivity index (χ4n) is 2.00. The highest BCUT2D eigenvalue weighted by Gasteiger charge is 2.05. The third kappa shape index (κ3) is 3.91. The van der Waals surface area contributed by atoms with Crippen molar-refractivity contribution in [1.29, 1.82) is 0 Å². The van der Waals surface area contributed by atoms with Crippen LogP contribution in [0.25, 0.3) is 0 Å². The van der Waals surface area contributed by atoms with E-state index in [9.17, 15) is 4.79 Å². The van der Waals surface area contributed by atoms with Crippen LogP contribution >= 0.6 is 15.9 Å². The number of rotatable bonds is 2. The Bertz CT molecular complexity index is 937. The smallest absolute Gasteiger partial charge is 0.359 e. The van der Waals surface area contributed by atoms with Gasteiger partial charge in [0.25, 0.3) is 0 Å². The molecule has 0 fully saturated rings. The van der Waals surface area contributed by atoms with Crippen LogP contribution < -0.4 is 10.9 Å². The van der Waals surface area contributed by atoms with Crippen LogP contribution in [-0.2, 0) is 0 Å². The maximum Gasteiger partial charge on any atom is 0.359 e. The number of halogens is 1. The van der Waals surface area contributed by atoms with Gasteiger partial charge in [-0.3, -0.25) is 0 Å². The molecule has 0 radical (unpaired) electrons. The molecule has 0 aliphatic heterocycles. The summed E-state index contributed by atoms with van der Waals surface area (Å²) in [7, 11) is 0. The van der Waals surface area contributed by atoms with Crippen LogP contribution in [0.2, 0.25) is 0 Å². The lowest BCUT2D eigenvalue weighted by Gasteiger charge is -2.07. The summed E-state index contributed by atoms with van der Waals surface area (Å²) in [6.07, 6.45) is 1.36. The molecule has 0 saturated carbocycles. The largest absolute Gasteiger partial charge is 0.429 e. The first-order valence-electron chi connectivity index (χ1n) is 6.94. The molecule has 0 spiro atoms. The summed E-state index contributed by atoms with van der Waals surface area (Å²) in [5.74, 6) is 6.24. The van der Waals surface area contributed by atoms with Crippen molar-refractivity contribution in [1.82, 2.24) is 0 Å². The van der Waals surface area contributed by atoms with E-state index >= 15 is 0 Å². The fourth-order valence-corrected chi connectivity index (χ4v) is 2.32. The average Bonchev–Trinajstić information content (AvgIpc) is 2.58. The molecule has 1 N–H and O–H groups in total. The molecule has 0 saturated heterocycles. The minimum atomic E-state index is -0.431. The minimum Gasteiger partial charge on any atom is -0.429 e. The van der Waals surface area contributed by atoms with Gasteiger partial charge in [0.1, 0.15) is 12.0 Å². The normalized spacial score (nSPS) is 9.78. The topological polar surface area (TPSA) is 42.2 Å². The van der Waals surface area contributed by atoms with Crippen LogP contribution in [0.1, 0.15) is 11.1 Å². The predicted molar refractivity (Wildman–Crippen MR) is 94.8 cm³/mol. The Balaban J connectivity index is 1.94. The van der Waals surface area contributed by atoms with Crippen LogP contribution in [0.3, 0.4) is 0 Å². The SMILES string of the molecule is O=c1occ(Br)cc1Nc1ccccc1C#Cc1ccccc1. The van der Waals surface area contributed by atoms with E-state index in [-0.39, 0.29) is 0 Å². The molecule has 112 valence electrons. The van der Waals surface area contributed by atoms with Crippen LogP contribution in [0, 0.1) is 11.8 Å². The van der Waals surface area contributed by atoms with Crippen LogP contribution in [0.15, 0.2) is 80.6 Å². The lowest BCUT2D eigenvalue weighted by Crippen LogP contribution is -2.06. The van der Waals surface area contributed by atoms with Gasteiger partial charge in [-0.2, -0.15) is 0 Å². The zero-order valence-corrected chi connectivity index (χ0v) is 13.6. The van der Waals surface area contributed by atoms with Gasteiger partial charge < -0.3 is 9.73 Å². The zero-order chi connectivity index (χ0) is 16.1. The average molecular weight is 366 g/mol. The van der Waals surface area contributed by atoms with E-state index < -0.39 is 5.63 Å². The number of hydrogen-bond donors (Lipinski definition) is 1. The van der Waals surface area contributed by atoms with Gasteiger partial charge in [0.2, 0.25) is 0 Å². The summed E-state index contributed by atoms with van der Waals surface area (Å²) in [5, 5.41) is 3.08. The highest BCUT2D eigenvalue weighted by atomic mass is 79.9. The predicted octanol–water partition coefficient (Wildman–Crippen LogP) is 4.55. The molecule has 23 heavy (non-hydrogen) atoms. The molecule has 0 bridgehead atoms. The zero-order valence-electron chi connectivity index (χ0n) is 12.0. The van der Waals surface area contributed by atoms with Crippen LogP contribution in [0.4, 0.5) is 11.4 Å². The van der Waals surface area contributed by atoms with E-state index in [0.29, 0.717) is 10.2 Å². The summed E-state index contributed by atoms with van der Waals surface area (Å²) in [4.78, 5) is 11.8. The highest BCUT2D eigenvalue weighted by Crippen LogP contribution is 2.20. The Morgan fingerprint density at radius 3 is 2.48 bits per heavy atom. The van der Waals surface area contributed by atoms with Gasteiger partial charge in [0, 0.05) is 11.1 Å². The Morgan fingerprint density at radius 2 is 1.65 bits per heavy atom.